The predicted molar refractivity (Wildman–Crippen MR) is 90.2 cm³/mol. The first-order valence-electron chi connectivity index (χ1n) is 7.77. The fraction of sp³-hybridized carbons (Fsp3) is 0.222. The lowest BCUT2D eigenvalue weighted by atomic mass is 10.2. The first-order valence-corrected chi connectivity index (χ1v) is 7.77. The Morgan fingerprint density at radius 2 is 1.64 bits per heavy atom. The van der Waals surface area contributed by atoms with E-state index in [9.17, 15) is 9.59 Å². The van der Waals surface area contributed by atoms with Gasteiger partial charge < -0.3 is 24.8 Å². The SMILES string of the molecule is COc1cccc(C(=O)NCCNC(=O)c2ccc3c(c2)OCO3)c1. The molecule has 0 fully saturated rings. The molecule has 0 radical (unpaired) electrons. The van der Waals surface area contributed by atoms with Gasteiger partial charge in [0.15, 0.2) is 11.5 Å². The monoisotopic (exact) mass is 342 g/mol. The third-order valence-electron chi connectivity index (χ3n) is 3.66. The van der Waals surface area contributed by atoms with Gasteiger partial charge in [-0.1, -0.05) is 6.07 Å². The largest absolute Gasteiger partial charge is 0.497 e. The second-order valence-electron chi connectivity index (χ2n) is 5.31. The summed E-state index contributed by atoms with van der Waals surface area (Å²) in [6.07, 6.45) is 0. The van der Waals surface area contributed by atoms with Gasteiger partial charge in [-0.2, -0.15) is 0 Å². The molecule has 1 aliphatic rings. The first kappa shape index (κ1) is 16.6. The zero-order valence-corrected chi connectivity index (χ0v) is 13.7. The van der Waals surface area contributed by atoms with E-state index in [0.29, 0.717) is 41.5 Å². The van der Waals surface area contributed by atoms with Crippen LogP contribution in [0.1, 0.15) is 20.7 Å². The van der Waals surface area contributed by atoms with Gasteiger partial charge in [0.2, 0.25) is 6.79 Å². The van der Waals surface area contributed by atoms with Gasteiger partial charge in [0.05, 0.1) is 7.11 Å². The Labute approximate surface area is 144 Å². The molecule has 0 saturated carbocycles. The number of carbonyl (C=O) groups excluding carboxylic acids is 2. The van der Waals surface area contributed by atoms with Crippen molar-refractivity contribution in [3.63, 3.8) is 0 Å². The van der Waals surface area contributed by atoms with Crippen LogP contribution >= 0.6 is 0 Å². The van der Waals surface area contributed by atoms with Crippen LogP contribution in [0.5, 0.6) is 17.2 Å². The molecule has 1 heterocycles. The number of hydrogen-bond donors (Lipinski definition) is 2. The van der Waals surface area contributed by atoms with Gasteiger partial charge >= 0.3 is 0 Å². The van der Waals surface area contributed by atoms with E-state index in [0.717, 1.165) is 0 Å². The molecule has 0 saturated heterocycles. The number of methoxy groups -OCH3 is 1. The minimum atomic E-state index is -0.242. The minimum Gasteiger partial charge on any atom is -0.497 e. The molecule has 2 aromatic carbocycles. The molecule has 2 amide bonds. The third kappa shape index (κ3) is 4.00. The molecule has 7 nitrogen and oxygen atoms in total. The second kappa shape index (κ2) is 7.57. The molecule has 0 aliphatic carbocycles. The molecule has 3 rings (SSSR count). The van der Waals surface area contributed by atoms with Crippen LogP contribution in [-0.4, -0.2) is 38.8 Å². The van der Waals surface area contributed by atoms with Crippen molar-refractivity contribution in [2.24, 2.45) is 0 Å². The topological polar surface area (TPSA) is 85.9 Å². The highest BCUT2D eigenvalue weighted by Crippen LogP contribution is 2.32. The van der Waals surface area contributed by atoms with Crippen molar-refractivity contribution < 1.29 is 23.8 Å². The highest BCUT2D eigenvalue weighted by atomic mass is 16.7. The average Bonchev–Trinajstić information content (AvgIpc) is 3.12. The second-order valence-corrected chi connectivity index (χ2v) is 5.31. The highest BCUT2D eigenvalue weighted by molar-refractivity contribution is 5.95. The van der Waals surface area contributed by atoms with Crippen LogP contribution in [-0.2, 0) is 0 Å². The number of carbonyl (C=O) groups is 2. The van der Waals surface area contributed by atoms with Crippen molar-refractivity contribution in [3.8, 4) is 17.2 Å². The van der Waals surface area contributed by atoms with Crippen LogP contribution in [0.25, 0.3) is 0 Å². The van der Waals surface area contributed by atoms with Crippen LogP contribution in [0.4, 0.5) is 0 Å². The lowest BCUT2D eigenvalue weighted by Gasteiger charge is -2.08. The molecule has 25 heavy (non-hydrogen) atoms. The molecule has 0 atom stereocenters. The van der Waals surface area contributed by atoms with Gasteiger partial charge in [0.1, 0.15) is 5.75 Å². The first-order chi connectivity index (χ1) is 12.2. The molecule has 2 N–H and O–H groups in total. The van der Waals surface area contributed by atoms with Crippen molar-refractivity contribution >= 4 is 11.8 Å². The Morgan fingerprint density at radius 1 is 0.960 bits per heavy atom. The molecule has 2 aromatic rings. The molecule has 0 spiro atoms. The maximum absolute atomic E-state index is 12.1. The van der Waals surface area contributed by atoms with Crippen LogP contribution in [0.15, 0.2) is 42.5 Å². The summed E-state index contributed by atoms with van der Waals surface area (Å²) in [6.45, 7) is 0.784. The summed E-state index contributed by atoms with van der Waals surface area (Å²) in [6, 6.07) is 11.9. The lowest BCUT2D eigenvalue weighted by Crippen LogP contribution is -2.34. The van der Waals surface area contributed by atoms with Gasteiger partial charge in [0, 0.05) is 24.2 Å². The van der Waals surface area contributed by atoms with Gasteiger partial charge in [-0.25, -0.2) is 0 Å². The summed E-state index contributed by atoms with van der Waals surface area (Å²) in [5.74, 6) is 1.33. The number of benzene rings is 2. The Bertz CT molecular complexity index is 791. The lowest BCUT2D eigenvalue weighted by molar-refractivity contribution is 0.0927. The molecule has 0 bridgehead atoms. The normalized spacial score (nSPS) is 11.7. The number of rotatable bonds is 6. The molecular weight excluding hydrogens is 324 g/mol. The van der Waals surface area contributed by atoms with E-state index in [4.69, 9.17) is 14.2 Å². The Hall–Kier alpha value is -3.22. The van der Waals surface area contributed by atoms with Crippen molar-refractivity contribution in [2.75, 3.05) is 27.0 Å². The third-order valence-corrected chi connectivity index (χ3v) is 3.66. The number of fused-ring (bicyclic) bond motifs is 1. The van der Waals surface area contributed by atoms with Crippen molar-refractivity contribution in [1.82, 2.24) is 10.6 Å². The molecule has 7 heteroatoms. The van der Waals surface area contributed by atoms with Crippen LogP contribution < -0.4 is 24.8 Å². The summed E-state index contributed by atoms with van der Waals surface area (Å²) in [4.78, 5) is 24.2. The van der Waals surface area contributed by atoms with Crippen LogP contribution in [0.2, 0.25) is 0 Å². The fourth-order valence-electron chi connectivity index (χ4n) is 2.36. The van der Waals surface area contributed by atoms with E-state index in [-0.39, 0.29) is 18.6 Å². The van der Waals surface area contributed by atoms with Crippen LogP contribution in [0.3, 0.4) is 0 Å². The summed E-state index contributed by atoms with van der Waals surface area (Å²) in [5.41, 5.74) is 0.977. The molecule has 1 aliphatic heterocycles. The average molecular weight is 342 g/mol. The molecule has 0 unspecified atom stereocenters. The molecule has 130 valence electrons. The van der Waals surface area contributed by atoms with Gasteiger partial charge in [0.25, 0.3) is 11.8 Å². The Kier molecular flexibility index (Phi) is 5.03. The van der Waals surface area contributed by atoms with E-state index >= 15 is 0 Å². The zero-order chi connectivity index (χ0) is 17.6. The number of ether oxygens (including phenoxy) is 3. The van der Waals surface area contributed by atoms with Crippen LogP contribution in [0, 0.1) is 0 Å². The Morgan fingerprint density at radius 3 is 2.36 bits per heavy atom. The van der Waals surface area contributed by atoms with Gasteiger partial charge in [-0.3, -0.25) is 9.59 Å². The number of hydrogen-bond acceptors (Lipinski definition) is 5. The van der Waals surface area contributed by atoms with E-state index in [1.807, 2.05) is 0 Å². The fourth-order valence-corrected chi connectivity index (χ4v) is 2.36. The van der Waals surface area contributed by atoms with Gasteiger partial charge in [-0.05, 0) is 36.4 Å². The Balaban J connectivity index is 1.46. The van der Waals surface area contributed by atoms with E-state index in [2.05, 4.69) is 10.6 Å². The molecule has 0 aromatic heterocycles. The highest BCUT2D eigenvalue weighted by Gasteiger charge is 2.16. The molecular formula is C18H18N2O5. The maximum Gasteiger partial charge on any atom is 0.251 e. The summed E-state index contributed by atoms with van der Waals surface area (Å²) in [7, 11) is 1.54. The number of amides is 2. The zero-order valence-electron chi connectivity index (χ0n) is 13.7. The maximum atomic E-state index is 12.1. The van der Waals surface area contributed by atoms with Crippen molar-refractivity contribution in [3.05, 3.63) is 53.6 Å². The van der Waals surface area contributed by atoms with Gasteiger partial charge in [-0.15, -0.1) is 0 Å². The summed E-state index contributed by atoms with van der Waals surface area (Å²) >= 11 is 0. The van der Waals surface area contributed by atoms with Crippen molar-refractivity contribution in [1.29, 1.82) is 0 Å². The minimum absolute atomic E-state index is 0.163. The quantitative estimate of drug-likeness (QED) is 0.779. The smallest absolute Gasteiger partial charge is 0.251 e. The van der Waals surface area contributed by atoms with E-state index < -0.39 is 0 Å². The standard InChI is InChI=1S/C18H18N2O5/c1-23-14-4-2-3-12(9-14)17(21)19-7-8-20-18(22)13-5-6-15-16(10-13)25-11-24-15/h2-6,9-10H,7-8,11H2,1H3,(H,19,21)(H,20,22). The van der Waals surface area contributed by atoms with E-state index in [1.54, 1.807) is 49.6 Å². The van der Waals surface area contributed by atoms with E-state index in [1.165, 1.54) is 0 Å². The van der Waals surface area contributed by atoms with Crippen molar-refractivity contribution in [2.45, 2.75) is 0 Å². The predicted octanol–water partition coefficient (Wildman–Crippen LogP) is 1.58. The summed E-state index contributed by atoms with van der Waals surface area (Å²) < 4.78 is 15.5. The number of nitrogens with one attached hydrogen (secondary N) is 2. The summed E-state index contributed by atoms with van der Waals surface area (Å²) in [5, 5.41) is 5.49.